The van der Waals surface area contributed by atoms with Crippen molar-refractivity contribution in [3.63, 3.8) is 0 Å². The number of rotatable bonds is 6. The third-order valence-electron chi connectivity index (χ3n) is 4.63. The molecular formula is C18H26Cl2N2O. The minimum atomic E-state index is 0.105. The Morgan fingerprint density at radius 3 is 2.61 bits per heavy atom. The van der Waals surface area contributed by atoms with E-state index in [1.165, 1.54) is 0 Å². The Morgan fingerprint density at radius 2 is 2.04 bits per heavy atom. The molecule has 1 fully saturated rings. The van der Waals surface area contributed by atoms with Crippen molar-refractivity contribution in [3.8, 4) is 0 Å². The summed E-state index contributed by atoms with van der Waals surface area (Å²) in [5, 5.41) is 0.701. The lowest BCUT2D eigenvalue weighted by molar-refractivity contribution is -0.123. The largest absolute Gasteiger partial charge is 0.312 e. The van der Waals surface area contributed by atoms with Crippen molar-refractivity contribution in [1.29, 1.82) is 0 Å². The van der Waals surface area contributed by atoms with Crippen LogP contribution in [0.4, 0.5) is 5.69 Å². The van der Waals surface area contributed by atoms with E-state index in [4.69, 9.17) is 23.2 Å². The molecule has 5 heteroatoms. The highest BCUT2D eigenvalue weighted by atomic mass is 35.5. The summed E-state index contributed by atoms with van der Waals surface area (Å²) in [4.78, 5) is 17.3. The minimum absolute atomic E-state index is 0.105. The van der Waals surface area contributed by atoms with E-state index >= 15 is 0 Å². The average molecular weight is 357 g/mol. The van der Waals surface area contributed by atoms with Crippen LogP contribution in [0.25, 0.3) is 0 Å². The summed E-state index contributed by atoms with van der Waals surface area (Å²) in [5.41, 5.74) is 1.91. The molecule has 0 spiro atoms. The summed E-state index contributed by atoms with van der Waals surface area (Å²) in [6.45, 7) is 7.86. The van der Waals surface area contributed by atoms with E-state index < -0.39 is 0 Å². The Labute approximate surface area is 149 Å². The number of hydrogen-bond acceptors (Lipinski definition) is 2. The summed E-state index contributed by atoms with van der Waals surface area (Å²) in [6.07, 6.45) is 2.65. The number of anilines is 1. The molecule has 0 atom stereocenters. The van der Waals surface area contributed by atoms with E-state index in [0.29, 0.717) is 17.4 Å². The smallest absolute Gasteiger partial charge is 0.230 e. The maximum Gasteiger partial charge on any atom is 0.230 e. The maximum absolute atomic E-state index is 13.0. The topological polar surface area (TPSA) is 23.6 Å². The SMILES string of the molecule is CCN1CCC(C(=O)N(CCCCl)c2ccc(C)c(Cl)c2)CC1. The Bertz CT molecular complexity index is 528. The Kier molecular flexibility index (Phi) is 7.19. The summed E-state index contributed by atoms with van der Waals surface area (Å²) in [5.74, 6) is 0.872. The third-order valence-corrected chi connectivity index (χ3v) is 5.31. The molecular weight excluding hydrogens is 331 g/mol. The molecule has 0 N–H and O–H groups in total. The molecule has 1 aromatic carbocycles. The van der Waals surface area contributed by atoms with Crippen molar-refractivity contribution in [2.45, 2.75) is 33.1 Å². The molecule has 3 nitrogen and oxygen atoms in total. The summed E-state index contributed by atoms with van der Waals surface area (Å²) in [6, 6.07) is 5.84. The molecule has 1 amide bonds. The molecule has 1 aliphatic rings. The van der Waals surface area contributed by atoms with Crippen molar-refractivity contribution >= 4 is 34.8 Å². The molecule has 0 aromatic heterocycles. The van der Waals surface area contributed by atoms with Gasteiger partial charge in [0, 0.05) is 29.1 Å². The average Bonchev–Trinajstić information content (AvgIpc) is 2.58. The summed E-state index contributed by atoms with van der Waals surface area (Å²) >= 11 is 12.1. The van der Waals surface area contributed by atoms with Crippen LogP contribution in [0, 0.1) is 12.8 Å². The molecule has 1 aliphatic heterocycles. The molecule has 1 heterocycles. The number of halogens is 2. The van der Waals surface area contributed by atoms with E-state index in [0.717, 1.165) is 50.1 Å². The summed E-state index contributed by atoms with van der Waals surface area (Å²) < 4.78 is 0. The van der Waals surface area contributed by atoms with Gasteiger partial charge in [-0.05, 0) is 63.5 Å². The molecule has 0 aliphatic carbocycles. The van der Waals surface area contributed by atoms with Gasteiger partial charge in [-0.2, -0.15) is 0 Å². The van der Waals surface area contributed by atoms with Crippen LogP contribution >= 0.6 is 23.2 Å². The number of hydrogen-bond donors (Lipinski definition) is 0. The Morgan fingerprint density at radius 1 is 1.35 bits per heavy atom. The van der Waals surface area contributed by atoms with Gasteiger partial charge >= 0.3 is 0 Å². The first-order valence-corrected chi connectivity index (χ1v) is 9.34. The third kappa shape index (κ3) is 4.85. The van der Waals surface area contributed by atoms with Gasteiger partial charge in [-0.15, -0.1) is 11.6 Å². The van der Waals surface area contributed by atoms with Gasteiger partial charge in [0.25, 0.3) is 0 Å². The fourth-order valence-corrected chi connectivity index (χ4v) is 3.34. The first-order valence-electron chi connectivity index (χ1n) is 8.42. The molecule has 1 aromatic rings. The lowest BCUT2D eigenvalue weighted by Gasteiger charge is -2.34. The molecule has 0 bridgehead atoms. The number of amides is 1. The van der Waals surface area contributed by atoms with Crippen LogP contribution < -0.4 is 4.90 Å². The van der Waals surface area contributed by atoms with Crippen molar-refractivity contribution in [3.05, 3.63) is 28.8 Å². The van der Waals surface area contributed by atoms with Crippen LogP contribution in [0.2, 0.25) is 5.02 Å². The monoisotopic (exact) mass is 356 g/mol. The van der Waals surface area contributed by atoms with Crippen molar-refractivity contribution < 1.29 is 4.79 Å². The molecule has 128 valence electrons. The number of piperidine rings is 1. The van der Waals surface area contributed by atoms with Crippen molar-refractivity contribution in [1.82, 2.24) is 4.90 Å². The van der Waals surface area contributed by atoms with E-state index in [1.807, 2.05) is 30.0 Å². The summed E-state index contributed by atoms with van der Waals surface area (Å²) in [7, 11) is 0. The van der Waals surface area contributed by atoms with Gasteiger partial charge in [-0.1, -0.05) is 24.6 Å². The van der Waals surface area contributed by atoms with E-state index in [-0.39, 0.29) is 11.8 Å². The molecule has 23 heavy (non-hydrogen) atoms. The minimum Gasteiger partial charge on any atom is -0.312 e. The van der Waals surface area contributed by atoms with E-state index in [1.54, 1.807) is 0 Å². The number of alkyl halides is 1. The number of likely N-dealkylation sites (tertiary alicyclic amines) is 1. The highest BCUT2D eigenvalue weighted by Gasteiger charge is 2.28. The Hall–Kier alpha value is -0.770. The second-order valence-corrected chi connectivity index (χ2v) is 6.96. The zero-order valence-electron chi connectivity index (χ0n) is 14.0. The predicted molar refractivity (Wildman–Crippen MR) is 98.7 cm³/mol. The van der Waals surface area contributed by atoms with Gasteiger partial charge in [0.05, 0.1) is 0 Å². The highest BCUT2D eigenvalue weighted by Crippen LogP contribution is 2.27. The second kappa shape index (κ2) is 8.91. The number of carbonyl (C=O) groups is 1. The fourth-order valence-electron chi connectivity index (χ4n) is 3.05. The zero-order valence-corrected chi connectivity index (χ0v) is 15.5. The van der Waals surface area contributed by atoms with E-state index in [9.17, 15) is 4.79 Å². The van der Waals surface area contributed by atoms with Gasteiger partial charge in [0.15, 0.2) is 0 Å². The second-order valence-electron chi connectivity index (χ2n) is 6.17. The van der Waals surface area contributed by atoms with Gasteiger partial charge < -0.3 is 9.80 Å². The van der Waals surface area contributed by atoms with Crippen LogP contribution in [0.3, 0.4) is 0 Å². The molecule has 2 rings (SSSR count). The normalized spacial score (nSPS) is 16.5. The maximum atomic E-state index is 13.0. The quantitative estimate of drug-likeness (QED) is 0.707. The van der Waals surface area contributed by atoms with Gasteiger partial charge in [-0.3, -0.25) is 4.79 Å². The molecule has 0 radical (unpaired) electrons. The van der Waals surface area contributed by atoms with Gasteiger partial charge in [-0.25, -0.2) is 0 Å². The number of benzene rings is 1. The first-order chi connectivity index (χ1) is 11.1. The number of carbonyl (C=O) groups excluding carboxylic acids is 1. The molecule has 1 saturated heterocycles. The van der Waals surface area contributed by atoms with Gasteiger partial charge in [0.2, 0.25) is 5.91 Å². The van der Waals surface area contributed by atoms with Crippen LogP contribution in [0.1, 0.15) is 31.7 Å². The number of aryl methyl sites for hydroxylation is 1. The van der Waals surface area contributed by atoms with Crippen LogP contribution in [-0.4, -0.2) is 42.9 Å². The lowest BCUT2D eigenvalue weighted by Crippen LogP contribution is -2.43. The van der Waals surface area contributed by atoms with Crippen LogP contribution in [0.15, 0.2) is 18.2 Å². The first kappa shape index (κ1) is 18.6. The van der Waals surface area contributed by atoms with Crippen molar-refractivity contribution in [2.75, 3.05) is 37.0 Å². The Balaban J connectivity index is 2.13. The lowest BCUT2D eigenvalue weighted by atomic mass is 9.95. The zero-order chi connectivity index (χ0) is 16.8. The molecule has 0 unspecified atom stereocenters. The van der Waals surface area contributed by atoms with Crippen LogP contribution in [-0.2, 0) is 4.79 Å². The fraction of sp³-hybridized carbons (Fsp3) is 0.611. The highest BCUT2D eigenvalue weighted by molar-refractivity contribution is 6.31. The van der Waals surface area contributed by atoms with Crippen molar-refractivity contribution in [2.24, 2.45) is 5.92 Å². The molecule has 0 saturated carbocycles. The van der Waals surface area contributed by atoms with Gasteiger partial charge in [0.1, 0.15) is 0 Å². The standard InChI is InChI=1S/C18H26Cl2N2O/c1-3-21-11-7-15(8-12-21)18(23)22(10-4-9-19)16-6-5-14(2)17(20)13-16/h5-6,13,15H,3-4,7-12H2,1-2H3. The van der Waals surface area contributed by atoms with Crippen LogP contribution in [0.5, 0.6) is 0 Å². The number of nitrogens with zero attached hydrogens (tertiary/aromatic N) is 2. The predicted octanol–water partition coefficient (Wildman–Crippen LogP) is 4.34. The van der Waals surface area contributed by atoms with E-state index in [2.05, 4.69) is 11.8 Å².